The van der Waals surface area contributed by atoms with Crippen LogP contribution in [0.4, 0.5) is 0 Å². The van der Waals surface area contributed by atoms with E-state index in [4.69, 9.17) is 19.4 Å². The lowest BCUT2D eigenvalue weighted by Crippen LogP contribution is -2.00. The fourth-order valence-electron chi connectivity index (χ4n) is 7.09. The Labute approximate surface area is 282 Å². The molecule has 0 aliphatic heterocycles. The summed E-state index contributed by atoms with van der Waals surface area (Å²) in [6.45, 7) is 0. The van der Waals surface area contributed by atoms with E-state index >= 15 is 0 Å². The number of aromatic nitrogens is 3. The summed E-state index contributed by atoms with van der Waals surface area (Å²) < 4.78 is 6.68. The van der Waals surface area contributed by atoms with E-state index in [0.29, 0.717) is 17.5 Å². The van der Waals surface area contributed by atoms with Crippen molar-refractivity contribution in [3.05, 3.63) is 164 Å². The predicted octanol–water partition coefficient (Wildman–Crippen LogP) is 11.9. The van der Waals surface area contributed by atoms with Gasteiger partial charge in [-0.3, -0.25) is 0 Å². The summed E-state index contributed by atoms with van der Waals surface area (Å²) in [4.78, 5) is 15.4. The first-order valence-electron chi connectivity index (χ1n) is 16.4. The molecular weight excluding hydrogens is 599 g/mol. The van der Waals surface area contributed by atoms with Gasteiger partial charge in [0.1, 0.15) is 11.2 Å². The van der Waals surface area contributed by atoms with Gasteiger partial charge in [0.05, 0.1) is 0 Å². The zero-order valence-electron chi connectivity index (χ0n) is 26.3. The van der Waals surface area contributed by atoms with Crippen molar-refractivity contribution in [2.45, 2.75) is 0 Å². The zero-order valence-corrected chi connectivity index (χ0v) is 26.3. The van der Waals surface area contributed by atoms with E-state index in [1.807, 2.05) is 48.5 Å². The van der Waals surface area contributed by atoms with Gasteiger partial charge >= 0.3 is 0 Å². The van der Waals surface area contributed by atoms with Crippen LogP contribution in [0, 0.1) is 0 Å². The molecule has 49 heavy (non-hydrogen) atoms. The molecule has 4 nitrogen and oxygen atoms in total. The quantitative estimate of drug-likeness (QED) is 0.183. The van der Waals surface area contributed by atoms with Crippen molar-refractivity contribution in [1.82, 2.24) is 15.0 Å². The van der Waals surface area contributed by atoms with E-state index in [9.17, 15) is 0 Å². The van der Waals surface area contributed by atoms with Gasteiger partial charge in [0.25, 0.3) is 0 Å². The van der Waals surface area contributed by atoms with Crippen LogP contribution in [0.3, 0.4) is 0 Å². The van der Waals surface area contributed by atoms with Crippen LogP contribution in [0.5, 0.6) is 0 Å². The van der Waals surface area contributed by atoms with Crippen molar-refractivity contribution in [2.24, 2.45) is 0 Å². The standard InChI is InChI=1S/C45H27N3O/c1-3-11-28(12-4-1)31-20-21-33-26-35(24-22-32(33)25-31)44-46-43(30-14-5-2-6-15-30)47-45(48-44)38-27-34-23-19-29-13-7-8-16-36(29)40(34)42-41(38)37-17-9-10-18-39(37)49-42/h1-27H. The van der Waals surface area contributed by atoms with Gasteiger partial charge in [0.15, 0.2) is 17.5 Å². The number of hydrogen-bond donors (Lipinski definition) is 0. The number of fused-ring (bicyclic) bond motifs is 8. The summed E-state index contributed by atoms with van der Waals surface area (Å²) in [6, 6.07) is 56.9. The highest BCUT2D eigenvalue weighted by Crippen LogP contribution is 2.43. The van der Waals surface area contributed by atoms with E-state index in [-0.39, 0.29) is 0 Å². The molecule has 0 radical (unpaired) electrons. The second kappa shape index (κ2) is 11.0. The van der Waals surface area contributed by atoms with Gasteiger partial charge in [-0.25, -0.2) is 15.0 Å². The Morgan fingerprint density at radius 1 is 0.347 bits per heavy atom. The number of para-hydroxylation sites is 1. The third-order valence-electron chi connectivity index (χ3n) is 9.47. The van der Waals surface area contributed by atoms with Crippen molar-refractivity contribution in [2.75, 3.05) is 0 Å². The molecule has 0 aliphatic carbocycles. The maximum absolute atomic E-state index is 6.68. The van der Waals surface area contributed by atoms with Crippen molar-refractivity contribution in [1.29, 1.82) is 0 Å². The summed E-state index contributed by atoms with van der Waals surface area (Å²) in [7, 11) is 0. The number of furan rings is 1. The average Bonchev–Trinajstić information content (AvgIpc) is 3.57. The average molecular weight is 626 g/mol. The highest BCUT2D eigenvalue weighted by molar-refractivity contribution is 6.26. The third-order valence-corrected chi connectivity index (χ3v) is 9.47. The molecule has 0 atom stereocenters. The minimum absolute atomic E-state index is 0.606. The van der Waals surface area contributed by atoms with E-state index < -0.39 is 0 Å². The fourth-order valence-corrected chi connectivity index (χ4v) is 7.09. The van der Waals surface area contributed by atoms with Crippen LogP contribution in [0.1, 0.15) is 0 Å². The molecule has 0 fully saturated rings. The molecule has 2 aromatic heterocycles. The lowest BCUT2D eigenvalue weighted by Gasteiger charge is -2.12. The van der Waals surface area contributed by atoms with Gasteiger partial charge in [-0.1, -0.05) is 140 Å². The smallest absolute Gasteiger partial charge is 0.164 e. The van der Waals surface area contributed by atoms with E-state index in [2.05, 4.69) is 115 Å². The molecule has 228 valence electrons. The van der Waals surface area contributed by atoms with Gasteiger partial charge in [-0.05, 0) is 62.3 Å². The van der Waals surface area contributed by atoms with Gasteiger partial charge in [0.2, 0.25) is 0 Å². The maximum Gasteiger partial charge on any atom is 0.164 e. The summed E-state index contributed by atoms with van der Waals surface area (Å²) in [5, 5.41) is 8.82. The molecule has 0 aliphatic rings. The van der Waals surface area contributed by atoms with Gasteiger partial charge in [0, 0.05) is 32.8 Å². The lowest BCUT2D eigenvalue weighted by molar-refractivity contribution is 0.673. The number of hydrogen-bond acceptors (Lipinski definition) is 4. The highest BCUT2D eigenvalue weighted by atomic mass is 16.3. The second-order valence-electron chi connectivity index (χ2n) is 12.4. The van der Waals surface area contributed by atoms with E-state index in [0.717, 1.165) is 65.6 Å². The minimum atomic E-state index is 0.606. The molecule has 0 N–H and O–H groups in total. The third kappa shape index (κ3) is 4.57. The molecule has 0 spiro atoms. The van der Waals surface area contributed by atoms with Gasteiger partial charge in [-0.15, -0.1) is 0 Å². The summed E-state index contributed by atoms with van der Waals surface area (Å²) in [5.41, 5.74) is 6.84. The molecular formula is C45H27N3O. The lowest BCUT2D eigenvalue weighted by atomic mass is 9.95. The summed E-state index contributed by atoms with van der Waals surface area (Å²) in [5.74, 6) is 1.85. The van der Waals surface area contributed by atoms with Gasteiger partial charge < -0.3 is 4.42 Å². The number of benzene rings is 8. The molecule has 0 bridgehead atoms. The predicted molar refractivity (Wildman–Crippen MR) is 201 cm³/mol. The highest BCUT2D eigenvalue weighted by Gasteiger charge is 2.21. The van der Waals surface area contributed by atoms with E-state index in [1.165, 1.54) is 16.5 Å². The normalized spacial score (nSPS) is 11.7. The molecule has 2 heterocycles. The van der Waals surface area contributed by atoms with Crippen molar-refractivity contribution in [3.63, 3.8) is 0 Å². The molecule has 0 amide bonds. The molecule has 0 saturated heterocycles. The molecule has 10 rings (SSSR count). The van der Waals surface area contributed by atoms with Crippen molar-refractivity contribution < 1.29 is 4.42 Å². The monoisotopic (exact) mass is 625 g/mol. The van der Waals surface area contributed by atoms with Crippen LogP contribution in [0.2, 0.25) is 0 Å². The number of rotatable bonds is 4. The molecule has 10 aromatic rings. The molecule has 8 aromatic carbocycles. The van der Waals surface area contributed by atoms with Gasteiger partial charge in [-0.2, -0.15) is 0 Å². The SMILES string of the molecule is c1ccc(-c2ccc3cc(-c4nc(-c5ccccc5)nc(-c5cc6ccc7ccccc7c6c6oc7ccccc7c56)n4)ccc3c2)cc1. The first kappa shape index (κ1) is 27.5. The first-order chi connectivity index (χ1) is 24.3. The summed E-state index contributed by atoms with van der Waals surface area (Å²) >= 11 is 0. The molecule has 0 saturated carbocycles. The van der Waals surface area contributed by atoms with Crippen LogP contribution in [0.15, 0.2) is 168 Å². The fraction of sp³-hybridized carbons (Fsp3) is 0. The molecule has 0 unspecified atom stereocenters. The zero-order chi connectivity index (χ0) is 32.3. The van der Waals surface area contributed by atoms with Crippen molar-refractivity contribution >= 4 is 54.3 Å². The first-order valence-corrected chi connectivity index (χ1v) is 16.4. The largest absolute Gasteiger partial charge is 0.455 e. The Kier molecular flexibility index (Phi) is 6.15. The number of nitrogens with zero attached hydrogens (tertiary/aromatic N) is 3. The van der Waals surface area contributed by atoms with E-state index in [1.54, 1.807) is 0 Å². The minimum Gasteiger partial charge on any atom is -0.455 e. The van der Waals surface area contributed by atoms with Crippen LogP contribution >= 0.6 is 0 Å². The van der Waals surface area contributed by atoms with Crippen LogP contribution in [0.25, 0.3) is 99.5 Å². The van der Waals surface area contributed by atoms with Crippen LogP contribution in [-0.4, -0.2) is 15.0 Å². The topological polar surface area (TPSA) is 51.8 Å². The Morgan fingerprint density at radius 2 is 0.918 bits per heavy atom. The second-order valence-corrected chi connectivity index (χ2v) is 12.4. The molecule has 4 heteroatoms. The summed E-state index contributed by atoms with van der Waals surface area (Å²) in [6.07, 6.45) is 0. The maximum atomic E-state index is 6.68. The Bertz CT molecular complexity index is 2880. The Balaban J connectivity index is 1.23. The van der Waals surface area contributed by atoms with Crippen LogP contribution < -0.4 is 0 Å². The Morgan fingerprint density at radius 3 is 1.71 bits per heavy atom. The van der Waals surface area contributed by atoms with Crippen molar-refractivity contribution in [3.8, 4) is 45.3 Å². The Hall–Kier alpha value is -6.65. The van der Waals surface area contributed by atoms with Crippen LogP contribution in [-0.2, 0) is 0 Å².